The fourth-order valence-corrected chi connectivity index (χ4v) is 3.34. The van der Waals surface area contributed by atoms with Crippen LogP contribution in [0.5, 0.6) is 0 Å². The van der Waals surface area contributed by atoms with Crippen LogP contribution >= 0.6 is 11.3 Å². The third-order valence-electron chi connectivity index (χ3n) is 3.42. The van der Waals surface area contributed by atoms with Crippen LogP contribution in [0, 0.1) is 0 Å². The summed E-state index contributed by atoms with van der Waals surface area (Å²) < 4.78 is 0. The maximum Gasteiger partial charge on any atom is 0.275 e. The number of hydrogen-bond acceptors (Lipinski definition) is 4. The second-order valence-corrected chi connectivity index (χ2v) is 7.36. The topological polar surface area (TPSA) is 75.5 Å². The molecule has 2 rings (SSSR count). The van der Waals surface area contributed by atoms with Gasteiger partial charge in [0.15, 0.2) is 6.54 Å². The molecule has 0 aliphatic heterocycles. The van der Waals surface area contributed by atoms with E-state index in [1.165, 1.54) is 6.92 Å². The van der Waals surface area contributed by atoms with E-state index in [-0.39, 0.29) is 17.9 Å². The number of thiazole rings is 1. The van der Waals surface area contributed by atoms with Crippen LogP contribution in [0.4, 0.5) is 5.69 Å². The van der Waals surface area contributed by atoms with Crippen molar-refractivity contribution in [1.29, 1.82) is 0 Å². The number of quaternary nitrogens is 1. The Balaban J connectivity index is 1.95. The molecule has 1 atom stereocenters. The molecule has 6 nitrogen and oxygen atoms in total. The Morgan fingerprint density at radius 1 is 1.24 bits per heavy atom. The Morgan fingerprint density at radius 3 is 2.52 bits per heavy atom. The van der Waals surface area contributed by atoms with Crippen molar-refractivity contribution in [2.24, 2.45) is 0 Å². The minimum Gasteiger partial charge on any atom is -0.349 e. The third-order valence-corrected chi connectivity index (χ3v) is 4.27. The number of aromatic nitrogens is 1. The van der Waals surface area contributed by atoms with Gasteiger partial charge in [-0.05, 0) is 26.0 Å². The van der Waals surface area contributed by atoms with Gasteiger partial charge in [-0.3, -0.25) is 9.59 Å². The number of anilines is 1. The number of amides is 2. The smallest absolute Gasteiger partial charge is 0.275 e. The van der Waals surface area contributed by atoms with Gasteiger partial charge in [-0.2, -0.15) is 0 Å². The molecule has 0 aliphatic rings. The normalized spacial score (nSPS) is 12.0. The van der Waals surface area contributed by atoms with Crippen LogP contribution in [0.2, 0.25) is 0 Å². The summed E-state index contributed by atoms with van der Waals surface area (Å²) in [5.74, 6) is -0.0333. The van der Waals surface area contributed by atoms with Crippen molar-refractivity contribution >= 4 is 28.8 Å². The van der Waals surface area contributed by atoms with Crippen molar-refractivity contribution in [3.63, 3.8) is 0 Å². The fraction of sp³-hybridized carbons (Fsp3) is 0.389. The highest BCUT2D eigenvalue weighted by Crippen LogP contribution is 2.23. The van der Waals surface area contributed by atoms with E-state index in [1.54, 1.807) is 11.3 Å². The summed E-state index contributed by atoms with van der Waals surface area (Å²) in [5.41, 5.74) is 2.69. The summed E-state index contributed by atoms with van der Waals surface area (Å²) in [5, 5.41) is 8.67. The highest BCUT2D eigenvalue weighted by molar-refractivity contribution is 7.09. The SMILES string of the molecule is CC(=O)Nc1ccc(-c2csc(C[NH+](C)CC(=O)NC(C)C)n2)cc1. The van der Waals surface area contributed by atoms with Crippen LogP contribution in [0.3, 0.4) is 0 Å². The third kappa shape index (κ3) is 6.28. The first kappa shape index (κ1) is 19.1. The minimum absolute atomic E-state index is 0.0536. The number of carbonyl (C=O) groups is 2. The van der Waals surface area contributed by atoms with Gasteiger partial charge in [-0.1, -0.05) is 12.1 Å². The van der Waals surface area contributed by atoms with Crippen molar-refractivity contribution in [3.8, 4) is 11.3 Å². The van der Waals surface area contributed by atoms with Gasteiger partial charge in [0.2, 0.25) is 5.91 Å². The van der Waals surface area contributed by atoms with E-state index in [4.69, 9.17) is 0 Å². The van der Waals surface area contributed by atoms with Gasteiger partial charge >= 0.3 is 0 Å². The average molecular weight is 361 g/mol. The predicted octanol–water partition coefficient (Wildman–Crippen LogP) is 1.31. The van der Waals surface area contributed by atoms with E-state index in [0.717, 1.165) is 26.9 Å². The first-order valence-corrected chi connectivity index (χ1v) is 9.14. The summed E-state index contributed by atoms with van der Waals surface area (Å²) in [6, 6.07) is 7.77. The van der Waals surface area contributed by atoms with Crippen molar-refractivity contribution < 1.29 is 14.5 Å². The highest BCUT2D eigenvalue weighted by Gasteiger charge is 2.14. The molecule has 0 bridgehead atoms. The van der Waals surface area contributed by atoms with Crippen LogP contribution < -0.4 is 15.5 Å². The zero-order chi connectivity index (χ0) is 18.4. The highest BCUT2D eigenvalue weighted by atomic mass is 32.1. The number of likely N-dealkylation sites (N-methyl/N-ethyl adjacent to an activating group) is 1. The maximum absolute atomic E-state index is 11.8. The van der Waals surface area contributed by atoms with Crippen molar-refractivity contribution in [2.45, 2.75) is 33.4 Å². The second-order valence-electron chi connectivity index (χ2n) is 6.42. The van der Waals surface area contributed by atoms with Crippen LogP contribution in [0.25, 0.3) is 11.3 Å². The van der Waals surface area contributed by atoms with Crippen LogP contribution in [0.1, 0.15) is 25.8 Å². The maximum atomic E-state index is 11.8. The largest absolute Gasteiger partial charge is 0.349 e. The molecular formula is C18H25N4O2S+. The van der Waals surface area contributed by atoms with Gasteiger partial charge in [0.25, 0.3) is 5.91 Å². The first-order chi connectivity index (χ1) is 11.8. The standard InChI is InChI=1S/C18H24N4O2S/c1-12(2)19-17(24)9-22(4)10-18-21-16(11-25-18)14-5-7-15(8-6-14)20-13(3)23/h5-8,11-12H,9-10H2,1-4H3,(H,19,24)(H,20,23)/p+1. The molecule has 0 fully saturated rings. The number of carbonyl (C=O) groups excluding carboxylic acids is 2. The number of nitrogens with zero attached hydrogens (tertiary/aromatic N) is 1. The molecule has 0 radical (unpaired) electrons. The van der Waals surface area contributed by atoms with E-state index in [9.17, 15) is 9.59 Å². The zero-order valence-corrected chi connectivity index (χ0v) is 15.9. The molecule has 1 unspecified atom stereocenters. The molecule has 0 saturated carbocycles. The van der Waals surface area contributed by atoms with E-state index >= 15 is 0 Å². The monoisotopic (exact) mass is 361 g/mol. The molecule has 3 N–H and O–H groups in total. The molecular weight excluding hydrogens is 336 g/mol. The molecule has 2 aromatic rings. The Labute approximate surface area is 152 Å². The second kappa shape index (κ2) is 8.73. The van der Waals surface area contributed by atoms with Crippen molar-refractivity contribution in [2.75, 3.05) is 18.9 Å². The quantitative estimate of drug-likeness (QED) is 0.696. The van der Waals surface area contributed by atoms with Gasteiger partial charge in [-0.25, -0.2) is 4.98 Å². The molecule has 134 valence electrons. The van der Waals surface area contributed by atoms with E-state index in [2.05, 4.69) is 15.6 Å². The Hall–Kier alpha value is -2.25. The Bertz CT molecular complexity index is 725. The molecule has 1 heterocycles. The molecule has 7 heteroatoms. The van der Waals surface area contributed by atoms with Gasteiger partial charge in [0.05, 0.1) is 12.7 Å². The zero-order valence-electron chi connectivity index (χ0n) is 15.1. The van der Waals surface area contributed by atoms with Crippen molar-refractivity contribution in [1.82, 2.24) is 10.3 Å². The molecule has 1 aromatic carbocycles. The Morgan fingerprint density at radius 2 is 1.92 bits per heavy atom. The first-order valence-electron chi connectivity index (χ1n) is 8.26. The van der Waals surface area contributed by atoms with Crippen LogP contribution in [-0.2, 0) is 16.1 Å². The summed E-state index contributed by atoms with van der Waals surface area (Å²) in [6.45, 7) is 6.54. The van der Waals surface area contributed by atoms with Crippen LogP contribution in [0.15, 0.2) is 29.6 Å². The number of hydrogen-bond donors (Lipinski definition) is 3. The predicted molar refractivity (Wildman–Crippen MR) is 101 cm³/mol. The Kier molecular flexibility index (Phi) is 6.66. The molecule has 25 heavy (non-hydrogen) atoms. The van der Waals surface area contributed by atoms with Gasteiger partial charge in [0.1, 0.15) is 11.6 Å². The molecule has 0 spiro atoms. The average Bonchev–Trinajstić information content (AvgIpc) is 2.94. The lowest BCUT2D eigenvalue weighted by Gasteiger charge is -2.13. The lowest BCUT2D eigenvalue weighted by molar-refractivity contribution is -0.885. The van der Waals surface area contributed by atoms with Gasteiger partial charge in [0, 0.05) is 29.6 Å². The number of rotatable bonds is 7. The summed E-state index contributed by atoms with van der Waals surface area (Å²) in [7, 11) is 1.99. The summed E-state index contributed by atoms with van der Waals surface area (Å²) in [6.07, 6.45) is 0. The van der Waals surface area contributed by atoms with E-state index in [1.807, 2.05) is 50.5 Å². The number of nitrogens with one attached hydrogen (secondary N) is 3. The lowest BCUT2D eigenvalue weighted by atomic mass is 10.1. The summed E-state index contributed by atoms with van der Waals surface area (Å²) >= 11 is 1.60. The summed E-state index contributed by atoms with van der Waals surface area (Å²) in [4.78, 5) is 28.6. The lowest BCUT2D eigenvalue weighted by Crippen LogP contribution is -3.09. The van der Waals surface area contributed by atoms with E-state index < -0.39 is 0 Å². The molecule has 0 saturated heterocycles. The van der Waals surface area contributed by atoms with Crippen LogP contribution in [-0.4, -0.2) is 36.4 Å². The van der Waals surface area contributed by atoms with Gasteiger partial charge in [-0.15, -0.1) is 11.3 Å². The van der Waals surface area contributed by atoms with Gasteiger partial charge < -0.3 is 15.5 Å². The molecule has 0 aliphatic carbocycles. The fourth-order valence-electron chi connectivity index (χ4n) is 2.42. The molecule has 1 aromatic heterocycles. The van der Waals surface area contributed by atoms with E-state index in [0.29, 0.717) is 13.1 Å². The molecule has 2 amide bonds. The van der Waals surface area contributed by atoms with Crippen molar-refractivity contribution in [3.05, 3.63) is 34.7 Å². The number of benzene rings is 1. The minimum atomic E-state index is -0.0868.